The van der Waals surface area contributed by atoms with E-state index in [0.29, 0.717) is 11.4 Å². The summed E-state index contributed by atoms with van der Waals surface area (Å²) in [4.78, 5) is 0. The lowest BCUT2D eigenvalue weighted by molar-refractivity contribution is 0.470. The number of likely N-dealkylation sites (N-methyl/N-ethyl adjacent to an activating group) is 1. The summed E-state index contributed by atoms with van der Waals surface area (Å²) in [5.74, 6) is -0.304. The van der Waals surface area contributed by atoms with Gasteiger partial charge < -0.3 is 9.88 Å². The van der Waals surface area contributed by atoms with Gasteiger partial charge in [-0.1, -0.05) is 11.6 Å². The quantitative estimate of drug-likeness (QED) is 0.808. The zero-order valence-corrected chi connectivity index (χ0v) is 9.68. The average molecular weight is 239 g/mol. The van der Waals surface area contributed by atoms with Gasteiger partial charge in [-0.15, -0.1) is 0 Å². The van der Waals surface area contributed by atoms with Crippen LogP contribution in [0.2, 0.25) is 5.02 Å². The van der Waals surface area contributed by atoms with Crippen molar-refractivity contribution in [2.45, 2.75) is 19.0 Å². The van der Waals surface area contributed by atoms with Crippen LogP contribution in [0.5, 0.6) is 0 Å². The van der Waals surface area contributed by atoms with Gasteiger partial charge in [-0.25, -0.2) is 4.39 Å². The van der Waals surface area contributed by atoms with Crippen LogP contribution in [0, 0.1) is 5.82 Å². The SMILES string of the molecule is CNC1Cc2cc(Cl)c(F)c3ccn(c23)C1. The summed E-state index contributed by atoms with van der Waals surface area (Å²) in [6.45, 7) is 0.883. The minimum atomic E-state index is -0.304. The molecule has 1 atom stereocenters. The van der Waals surface area contributed by atoms with Crippen molar-refractivity contribution in [3.05, 3.63) is 34.7 Å². The van der Waals surface area contributed by atoms with Gasteiger partial charge in [0, 0.05) is 24.2 Å². The third-order valence-electron chi connectivity index (χ3n) is 3.31. The first-order valence-electron chi connectivity index (χ1n) is 5.33. The van der Waals surface area contributed by atoms with Crippen molar-refractivity contribution >= 4 is 22.5 Å². The average Bonchev–Trinajstić information content (AvgIpc) is 2.70. The van der Waals surface area contributed by atoms with Crippen LogP contribution in [-0.4, -0.2) is 17.7 Å². The van der Waals surface area contributed by atoms with Crippen molar-refractivity contribution in [3.63, 3.8) is 0 Å². The Labute approximate surface area is 98.0 Å². The van der Waals surface area contributed by atoms with E-state index in [2.05, 4.69) is 9.88 Å². The molecule has 84 valence electrons. The maximum atomic E-state index is 13.8. The second kappa shape index (κ2) is 3.47. The third kappa shape index (κ3) is 1.28. The maximum Gasteiger partial charge on any atom is 0.151 e. The predicted octanol–water partition coefficient (Wildman–Crippen LogP) is 2.58. The molecule has 1 aromatic carbocycles. The van der Waals surface area contributed by atoms with Crippen LogP contribution in [0.1, 0.15) is 5.56 Å². The third-order valence-corrected chi connectivity index (χ3v) is 3.58. The molecule has 1 unspecified atom stereocenters. The fraction of sp³-hybridized carbons (Fsp3) is 0.333. The fourth-order valence-corrected chi connectivity index (χ4v) is 2.72. The first-order chi connectivity index (χ1) is 7.70. The molecule has 1 aliphatic heterocycles. The van der Waals surface area contributed by atoms with E-state index in [1.54, 1.807) is 12.1 Å². The molecule has 0 amide bonds. The van der Waals surface area contributed by atoms with Gasteiger partial charge in [-0.05, 0) is 31.2 Å². The molecule has 0 bridgehead atoms. The van der Waals surface area contributed by atoms with Crippen molar-refractivity contribution in [1.82, 2.24) is 9.88 Å². The summed E-state index contributed by atoms with van der Waals surface area (Å²) >= 11 is 5.89. The van der Waals surface area contributed by atoms with Gasteiger partial charge in [0.05, 0.1) is 10.5 Å². The van der Waals surface area contributed by atoms with E-state index in [-0.39, 0.29) is 10.8 Å². The molecule has 2 aromatic rings. The van der Waals surface area contributed by atoms with Gasteiger partial charge in [-0.3, -0.25) is 0 Å². The summed E-state index contributed by atoms with van der Waals surface area (Å²) < 4.78 is 15.9. The van der Waals surface area contributed by atoms with Gasteiger partial charge >= 0.3 is 0 Å². The molecule has 0 saturated heterocycles. The normalized spacial score (nSPS) is 19.3. The summed E-state index contributed by atoms with van der Waals surface area (Å²) in [5, 5.41) is 4.11. The van der Waals surface area contributed by atoms with E-state index < -0.39 is 0 Å². The van der Waals surface area contributed by atoms with Crippen LogP contribution in [0.25, 0.3) is 10.9 Å². The van der Waals surface area contributed by atoms with Crippen LogP contribution in [0.4, 0.5) is 4.39 Å². The van der Waals surface area contributed by atoms with Crippen LogP contribution in [-0.2, 0) is 13.0 Å². The van der Waals surface area contributed by atoms with E-state index in [1.807, 2.05) is 13.2 Å². The summed E-state index contributed by atoms with van der Waals surface area (Å²) in [6, 6.07) is 3.95. The second-order valence-corrected chi connectivity index (χ2v) is 4.66. The van der Waals surface area contributed by atoms with Crippen molar-refractivity contribution in [2.75, 3.05) is 7.05 Å². The van der Waals surface area contributed by atoms with Crippen LogP contribution in [0.15, 0.2) is 18.3 Å². The molecule has 3 rings (SSSR count). The number of hydrogen-bond donors (Lipinski definition) is 1. The van der Waals surface area contributed by atoms with E-state index in [0.717, 1.165) is 24.0 Å². The lowest BCUT2D eigenvalue weighted by Gasteiger charge is -2.24. The largest absolute Gasteiger partial charge is 0.346 e. The van der Waals surface area contributed by atoms with Crippen molar-refractivity contribution < 1.29 is 4.39 Å². The Bertz CT molecular complexity index is 562. The van der Waals surface area contributed by atoms with Gasteiger partial charge in [-0.2, -0.15) is 0 Å². The highest BCUT2D eigenvalue weighted by Gasteiger charge is 2.22. The van der Waals surface area contributed by atoms with Crippen molar-refractivity contribution in [1.29, 1.82) is 0 Å². The molecule has 2 nitrogen and oxygen atoms in total. The first kappa shape index (κ1) is 10.1. The smallest absolute Gasteiger partial charge is 0.151 e. The zero-order chi connectivity index (χ0) is 11.3. The van der Waals surface area contributed by atoms with Crippen molar-refractivity contribution in [2.24, 2.45) is 0 Å². The lowest BCUT2D eigenvalue weighted by atomic mass is 10.00. The molecule has 4 heteroatoms. The van der Waals surface area contributed by atoms with E-state index >= 15 is 0 Å². The number of aromatic nitrogens is 1. The monoisotopic (exact) mass is 238 g/mol. The minimum Gasteiger partial charge on any atom is -0.346 e. The standard InChI is InChI=1S/C12H12ClFN2/c1-15-8-4-7-5-10(13)11(14)9-2-3-16(6-8)12(7)9/h2-3,5,8,15H,4,6H2,1H3. The molecule has 0 spiro atoms. The van der Waals surface area contributed by atoms with Gasteiger partial charge in [0.2, 0.25) is 0 Å². The Morgan fingerprint density at radius 2 is 2.38 bits per heavy atom. The molecule has 0 aliphatic carbocycles. The Morgan fingerprint density at radius 3 is 3.12 bits per heavy atom. The first-order valence-corrected chi connectivity index (χ1v) is 5.71. The van der Waals surface area contributed by atoms with Crippen LogP contribution < -0.4 is 5.32 Å². The van der Waals surface area contributed by atoms with E-state index in [9.17, 15) is 4.39 Å². The summed E-state index contributed by atoms with van der Waals surface area (Å²) in [5.41, 5.74) is 2.12. The molecule has 0 fully saturated rings. The maximum absolute atomic E-state index is 13.8. The Kier molecular flexibility index (Phi) is 2.19. The molecule has 1 N–H and O–H groups in total. The molecule has 16 heavy (non-hydrogen) atoms. The second-order valence-electron chi connectivity index (χ2n) is 4.25. The zero-order valence-electron chi connectivity index (χ0n) is 8.93. The summed E-state index contributed by atoms with van der Waals surface area (Å²) in [6.07, 6.45) is 2.83. The highest BCUT2D eigenvalue weighted by molar-refractivity contribution is 6.31. The Morgan fingerprint density at radius 1 is 1.56 bits per heavy atom. The van der Waals surface area contributed by atoms with Gasteiger partial charge in [0.25, 0.3) is 0 Å². The molecule has 1 aromatic heterocycles. The number of nitrogens with one attached hydrogen (secondary N) is 1. The number of nitrogens with zero attached hydrogens (tertiary/aromatic N) is 1. The van der Waals surface area contributed by atoms with Crippen molar-refractivity contribution in [3.8, 4) is 0 Å². The molecular weight excluding hydrogens is 227 g/mol. The minimum absolute atomic E-state index is 0.219. The van der Waals surface area contributed by atoms with Gasteiger partial charge in [0.1, 0.15) is 0 Å². The predicted molar refractivity (Wildman–Crippen MR) is 63.5 cm³/mol. The molecule has 2 heterocycles. The highest BCUT2D eigenvalue weighted by atomic mass is 35.5. The molecule has 0 saturated carbocycles. The Hall–Kier alpha value is -1.06. The number of hydrogen-bond acceptors (Lipinski definition) is 1. The van der Waals surface area contributed by atoms with Gasteiger partial charge in [0.15, 0.2) is 5.82 Å². The topological polar surface area (TPSA) is 17.0 Å². The lowest BCUT2D eigenvalue weighted by Crippen LogP contribution is -2.34. The molecular formula is C12H12ClFN2. The number of rotatable bonds is 1. The number of benzene rings is 1. The highest BCUT2D eigenvalue weighted by Crippen LogP contribution is 2.32. The fourth-order valence-electron chi connectivity index (χ4n) is 2.49. The molecule has 0 radical (unpaired) electrons. The summed E-state index contributed by atoms with van der Waals surface area (Å²) in [7, 11) is 1.95. The van der Waals surface area contributed by atoms with Crippen LogP contribution >= 0.6 is 11.6 Å². The van der Waals surface area contributed by atoms with E-state index in [4.69, 9.17) is 11.6 Å². The van der Waals surface area contributed by atoms with E-state index in [1.165, 1.54) is 0 Å². The number of halogens is 2. The van der Waals surface area contributed by atoms with Crippen LogP contribution in [0.3, 0.4) is 0 Å². The Balaban J connectivity index is 2.29. The molecule has 1 aliphatic rings.